The van der Waals surface area contributed by atoms with E-state index in [-0.39, 0.29) is 27.9 Å². The van der Waals surface area contributed by atoms with Gasteiger partial charge in [-0.1, -0.05) is 51.1 Å². The van der Waals surface area contributed by atoms with Crippen LogP contribution in [0, 0.1) is 0 Å². The minimum atomic E-state index is -5.01. The van der Waals surface area contributed by atoms with Crippen molar-refractivity contribution in [2.45, 2.75) is 32.4 Å². The maximum absolute atomic E-state index is 13.8. The first-order valence-electron chi connectivity index (χ1n) is 10.7. The summed E-state index contributed by atoms with van der Waals surface area (Å²) < 4.78 is 57.1. The Hall–Kier alpha value is -4.07. The molecule has 0 spiro atoms. The molecule has 1 aromatic heterocycles. The first-order chi connectivity index (χ1) is 16.4. The van der Waals surface area contributed by atoms with Crippen molar-refractivity contribution in [2.75, 3.05) is 0 Å². The molecule has 0 saturated heterocycles. The molecule has 4 aromatic rings. The van der Waals surface area contributed by atoms with E-state index in [2.05, 4.69) is 0 Å². The Bertz CT molecular complexity index is 1430. The number of ether oxygens (including phenoxy) is 2. The van der Waals surface area contributed by atoms with Gasteiger partial charge in [-0.05, 0) is 47.4 Å². The highest BCUT2D eigenvalue weighted by Gasteiger charge is 2.40. The molecule has 0 saturated carbocycles. The van der Waals surface area contributed by atoms with Crippen LogP contribution in [-0.4, -0.2) is 5.97 Å². The third-order valence-corrected chi connectivity index (χ3v) is 5.24. The van der Waals surface area contributed by atoms with Gasteiger partial charge in [-0.3, -0.25) is 4.79 Å². The quantitative estimate of drug-likeness (QED) is 0.229. The number of halogens is 3. The molecule has 1 heterocycles. The van der Waals surface area contributed by atoms with Crippen LogP contribution in [0.15, 0.2) is 82.0 Å². The number of rotatable bonds is 4. The highest BCUT2D eigenvalue weighted by molar-refractivity contribution is 5.91. The molecule has 0 aliphatic heterocycles. The van der Waals surface area contributed by atoms with Crippen LogP contribution in [0.4, 0.5) is 13.2 Å². The zero-order valence-corrected chi connectivity index (χ0v) is 19.1. The second kappa shape index (κ2) is 8.94. The van der Waals surface area contributed by atoms with Gasteiger partial charge in [0.1, 0.15) is 17.1 Å². The monoisotopic (exact) mass is 482 g/mol. The molecule has 180 valence electrons. The zero-order chi connectivity index (χ0) is 25.4. The maximum Gasteiger partial charge on any atom is 0.453 e. The van der Waals surface area contributed by atoms with Gasteiger partial charge in [-0.15, -0.1) is 0 Å². The lowest BCUT2D eigenvalue weighted by atomic mass is 9.87. The van der Waals surface area contributed by atoms with Crippen molar-refractivity contribution in [3.05, 3.63) is 99.9 Å². The van der Waals surface area contributed by atoms with E-state index < -0.39 is 34.7 Å². The molecule has 0 amide bonds. The van der Waals surface area contributed by atoms with E-state index in [1.807, 2.05) is 20.8 Å². The summed E-state index contributed by atoms with van der Waals surface area (Å²) in [6.07, 6.45) is -5.01. The molecule has 3 aromatic carbocycles. The van der Waals surface area contributed by atoms with E-state index in [1.165, 1.54) is 36.4 Å². The Morgan fingerprint density at radius 2 is 1.49 bits per heavy atom. The summed E-state index contributed by atoms with van der Waals surface area (Å²) in [6, 6.07) is 18.1. The van der Waals surface area contributed by atoms with Gasteiger partial charge in [0.25, 0.3) is 5.76 Å². The number of hydrogen-bond acceptors (Lipinski definition) is 5. The van der Waals surface area contributed by atoms with Crippen LogP contribution in [0.2, 0.25) is 0 Å². The standard InChI is InChI=1S/C27H21F3O5/c1-26(2,3)17-9-11-18(12-10-17)33-23-22(31)20-14-13-19(15-21(20)35-24(23)27(28,29)30)34-25(32)16-7-5-4-6-8-16/h4-15H,1-3H3. The second-order valence-electron chi connectivity index (χ2n) is 8.88. The molecule has 0 N–H and O–H groups in total. The Balaban J connectivity index is 1.73. The van der Waals surface area contributed by atoms with Crippen molar-refractivity contribution in [1.29, 1.82) is 0 Å². The lowest BCUT2D eigenvalue weighted by Crippen LogP contribution is -2.16. The molecule has 0 unspecified atom stereocenters. The van der Waals surface area contributed by atoms with Crippen molar-refractivity contribution in [2.24, 2.45) is 0 Å². The molecule has 35 heavy (non-hydrogen) atoms. The van der Waals surface area contributed by atoms with E-state index in [9.17, 15) is 22.8 Å². The lowest BCUT2D eigenvalue weighted by molar-refractivity contribution is -0.154. The molecule has 0 radical (unpaired) electrons. The van der Waals surface area contributed by atoms with Gasteiger partial charge in [0.15, 0.2) is 0 Å². The van der Waals surface area contributed by atoms with E-state index in [4.69, 9.17) is 13.9 Å². The van der Waals surface area contributed by atoms with E-state index in [0.717, 1.165) is 11.6 Å². The van der Waals surface area contributed by atoms with Crippen molar-refractivity contribution >= 4 is 16.9 Å². The Kier molecular flexibility index (Phi) is 6.15. The molecule has 5 nitrogen and oxygen atoms in total. The number of esters is 1. The van der Waals surface area contributed by atoms with Crippen molar-refractivity contribution in [3.63, 3.8) is 0 Å². The largest absolute Gasteiger partial charge is 0.453 e. The molecule has 8 heteroatoms. The number of carbonyl (C=O) groups excluding carboxylic acids is 1. The summed E-state index contributed by atoms with van der Waals surface area (Å²) in [7, 11) is 0. The van der Waals surface area contributed by atoms with E-state index in [0.29, 0.717) is 0 Å². The fraction of sp³-hybridized carbons (Fsp3) is 0.185. The van der Waals surface area contributed by atoms with E-state index in [1.54, 1.807) is 30.3 Å². The third kappa shape index (κ3) is 5.21. The predicted octanol–water partition coefficient (Wildman–Crippen LogP) is 7.12. The summed E-state index contributed by atoms with van der Waals surface area (Å²) in [5.41, 5.74) is -0.356. The fourth-order valence-electron chi connectivity index (χ4n) is 3.38. The van der Waals surface area contributed by atoms with Crippen LogP contribution in [0.3, 0.4) is 0 Å². The second-order valence-corrected chi connectivity index (χ2v) is 8.88. The Labute approximate surface area is 198 Å². The summed E-state index contributed by atoms with van der Waals surface area (Å²) in [6.45, 7) is 5.98. The van der Waals surface area contributed by atoms with Crippen LogP contribution in [0.1, 0.15) is 42.5 Å². The molecular weight excluding hydrogens is 461 g/mol. The molecule has 0 bridgehead atoms. The Morgan fingerprint density at radius 1 is 0.857 bits per heavy atom. The third-order valence-electron chi connectivity index (χ3n) is 5.24. The minimum Gasteiger partial charge on any atom is -0.449 e. The van der Waals surface area contributed by atoms with Crippen LogP contribution >= 0.6 is 0 Å². The predicted molar refractivity (Wildman–Crippen MR) is 124 cm³/mol. The van der Waals surface area contributed by atoms with Crippen molar-refractivity contribution in [3.8, 4) is 17.2 Å². The number of fused-ring (bicyclic) bond motifs is 1. The van der Waals surface area contributed by atoms with Crippen LogP contribution in [0.25, 0.3) is 11.0 Å². The topological polar surface area (TPSA) is 65.7 Å². The normalized spacial score (nSPS) is 11.9. The van der Waals surface area contributed by atoms with Gasteiger partial charge in [0, 0.05) is 6.07 Å². The van der Waals surface area contributed by atoms with Gasteiger partial charge in [-0.2, -0.15) is 13.2 Å². The van der Waals surface area contributed by atoms with Gasteiger partial charge in [-0.25, -0.2) is 4.79 Å². The van der Waals surface area contributed by atoms with Gasteiger partial charge in [0.05, 0.1) is 10.9 Å². The number of hydrogen-bond donors (Lipinski definition) is 0. The Morgan fingerprint density at radius 3 is 2.09 bits per heavy atom. The average Bonchev–Trinajstić information content (AvgIpc) is 2.80. The number of carbonyl (C=O) groups is 1. The van der Waals surface area contributed by atoms with Crippen LogP contribution < -0.4 is 14.9 Å². The molecule has 0 atom stereocenters. The number of benzene rings is 3. The van der Waals surface area contributed by atoms with Crippen LogP contribution in [0.5, 0.6) is 17.2 Å². The first kappa shape index (κ1) is 24.1. The summed E-state index contributed by atoms with van der Waals surface area (Å²) in [5.74, 6) is -3.27. The zero-order valence-electron chi connectivity index (χ0n) is 19.1. The smallest absolute Gasteiger partial charge is 0.449 e. The molecular formula is C27H21F3O5. The summed E-state index contributed by atoms with van der Waals surface area (Å²) in [4.78, 5) is 25.3. The summed E-state index contributed by atoms with van der Waals surface area (Å²) in [5, 5.41) is -0.154. The molecule has 0 fully saturated rings. The average molecular weight is 482 g/mol. The van der Waals surface area contributed by atoms with Gasteiger partial charge in [0.2, 0.25) is 11.2 Å². The highest BCUT2D eigenvalue weighted by Crippen LogP contribution is 2.39. The van der Waals surface area contributed by atoms with Crippen molar-refractivity contribution < 1.29 is 31.9 Å². The van der Waals surface area contributed by atoms with E-state index >= 15 is 0 Å². The van der Waals surface area contributed by atoms with Crippen molar-refractivity contribution in [1.82, 2.24) is 0 Å². The maximum atomic E-state index is 13.8. The summed E-state index contributed by atoms with van der Waals surface area (Å²) >= 11 is 0. The van der Waals surface area contributed by atoms with Gasteiger partial charge < -0.3 is 13.9 Å². The first-order valence-corrected chi connectivity index (χ1v) is 10.7. The number of alkyl halides is 3. The molecule has 0 aliphatic carbocycles. The lowest BCUT2D eigenvalue weighted by Gasteiger charge is -2.19. The minimum absolute atomic E-state index is 0.0589. The molecule has 4 rings (SSSR count). The van der Waals surface area contributed by atoms with Gasteiger partial charge >= 0.3 is 12.1 Å². The highest BCUT2D eigenvalue weighted by atomic mass is 19.4. The SMILES string of the molecule is CC(C)(C)c1ccc(Oc2c(C(F)(F)F)oc3cc(OC(=O)c4ccccc4)ccc3c2=O)cc1. The fourth-order valence-corrected chi connectivity index (χ4v) is 3.38. The van der Waals surface area contributed by atoms with Crippen LogP contribution in [-0.2, 0) is 11.6 Å². The molecule has 0 aliphatic rings.